The van der Waals surface area contributed by atoms with Crippen LogP contribution in [0.5, 0.6) is 0 Å². The van der Waals surface area contributed by atoms with Gasteiger partial charge in [0.15, 0.2) is 5.70 Å². The lowest BCUT2D eigenvalue weighted by molar-refractivity contribution is -0.158. The summed E-state index contributed by atoms with van der Waals surface area (Å²) in [6.07, 6.45) is 0.0608. The Morgan fingerprint density at radius 1 is 1.60 bits per heavy atom. The molecule has 6 nitrogen and oxygen atoms in total. The highest BCUT2D eigenvalue weighted by molar-refractivity contribution is 8.23. The molecule has 3 rings (SSSR count). The van der Waals surface area contributed by atoms with Crippen molar-refractivity contribution in [2.75, 3.05) is 18.1 Å². The quantitative estimate of drug-likeness (QED) is 0.408. The van der Waals surface area contributed by atoms with E-state index < -0.39 is 28.8 Å². The minimum atomic E-state index is -0.809. The topological polar surface area (TPSA) is 83.9 Å². The molecule has 25 heavy (non-hydrogen) atoms. The van der Waals surface area contributed by atoms with Crippen LogP contribution in [0.4, 0.5) is 0 Å². The van der Waals surface area contributed by atoms with Crippen molar-refractivity contribution in [1.29, 1.82) is 0 Å². The predicted molar refractivity (Wildman–Crippen MR) is 100 cm³/mol. The van der Waals surface area contributed by atoms with Crippen LogP contribution in [0.15, 0.2) is 22.1 Å². The molecule has 0 aliphatic carbocycles. The molecule has 0 aromatic rings. The number of rotatable bonds is 6. The lowest BCUT2D eigenvalue weighted by Crippen LogP contribution is -2.60. The third kappa shape index (κ3) is 3.70. The number of nitrogens with zero attached hydrogens (tertiary/aromatic N) is 1. The molecule has 2 fully saturated rings. The average molecular weight is 404 g/mol. The summed E-state index contributed by atoms with van der Waals surface area (Å²) in [4.78, 5) is 26.4. The van der Waals surface area contributed by atoms with Gasteiger partial charge in [0.05, 0.1) is 16.3 Å². The summed E-state index contributed by atoms with van der Waals surface area (Å²) < 4.78 is 17.6. The van der Waals surface area contributed by atoms with Crippen LogP contribution in [0.25, 0.3) is 0 Å². The van der Waals surface area contributed by atoms with E-state index in [9.17, 15) is 18.9 Å². The molecular weight excluding hydrogens is 382 g/mol. The molecular formula is C16H21NO5S3. The molecule has 1 N–H and O–H groups in total. The van der Waals surface area contributed by atoms with Crippen molar-refractivity contribution in [3.05, 3.63) is 22.1 Å². The van der Waals surface area contributed by atoms with Gasteiger partial charge in [-0.1, -0.05) is 18.3 Å². The molecule has 0 saturated carbocycles. The van der Waals surface area contributed by atoms with E-state index in [0.717, 1.165) is 10.7 Å². The number of carbonyl (C=O) groups is 2. The summed E-state index contributed by atoms with van der Waals surface area (Å²) >= 11 is 2.93. The number of hydrogen-bond acceptors (Lipinski definition) is 7. The van der Waals surface area contributed by atoms with Crippen LogP contribution in [0.3, 0.4) is 0 Å². The monoisotopic (exact) mass is 403 g/mol. The number of β-lactam (4-membered cyclic amide) rings is 1. The van der Waals surface area contributed by atoms with Gasteiger partial charge in [-0.15, -0.1) is 11.8 Å². The zero-order chi connectivity index (χ0) is 18.3. The fourth-order valence-electron chi connectivity index (χ4n) is 2.96. The molecule has 0 spiro atoms. The van der Waals surface area contributed by atoms with E-state index in [1.165, 1.54) is 28.4 Å². The Balaban J connectivity index is 1.81. The summed E-state index contributed by atoms with van der Waals surface area (Å²) in [7, 11) is -0.809. The largest absolute Gasteiger partial charge is 0.456 e. The second kappa shape index (κ2) is 7.46. The van der Waals surface area contributed by atoms with Crippen molar-refractivity contribution in [3.63, 3.8) is 0 Å². The molecule has 0 bridgehead atoms. The number of esters is 1. The van der Waals surface area contributed by atoms with E-state index >= 15 is 0 Å². The summed E-state index contributed by atoms with van der Waals surface area (Å²) in [5.74, 6) is -0.0311. The zero-order valence-corrected chi connectivity index (χ0v) is 16.5. The van der Waals surface area contributed by atoms with Gasteiger partial charge in [-0.3, -0.25) is 13.9 Å². The van der Waals surface area contributed by atoms with Gasteiger partial charge in [0.25, 0.3) is 0 Å². The molecule has 2 saturated heterocycles. The van der Waals surface area contributed by atoms with E-state index in [1.54, 1.807) is 13.8 Å². The fourth-order valence-corrected chi connectivity index (χ4v) is 8.21. The van der Waals surface area contributed by atoms with Crippen molar-refractivity contribution in [1.82, 2.24) is 4.90 Å². The van der Waals surface area contributed by atoms with Crippen molar-refractivity contribution in [2.24, 2.45) is 5.92 Å². The number of ether oxygens (including phenoxy) is 1. The van der Waals surface area contributed by atoms with Gasteiger partial charge < -0.3 is 9.84 Å². The average Bonchev–Trinajstić information content (AvgIpc) is 3.06. The number of carbonyl (C=O) groups excluding carboxylic acids is 2. The van der Waals surface area contributed by atoms with Gasteiger partial charge >= 0.3 is 5.97 Å². The first-order valence-electron chi connectivity index (χ1n) is 8.04. The summed E-state index contributed by atoms with van der Waals surface area (Å²) in [5.41, 5.74) is 0.981. The maximum atomic E-state index is 12.5. The SMILES string of the molecule is C=C(C)COC(=O)C1=C(S[C@H]2CCS(=O)C2)S[C@@H]2[C@@H]([C@@H](C)O)C(=O)N12. The molecule has 3 aliphatic heterocycles. The van der Waals surface area contributed by atoms with Crippen molar-refractivity contribution < 1.29 is 23.6 Å². The van der Waals surface area contributed by atoms with Gasteiger partial charge in [-0.2, -0.15) is 0 Å². The first kappa shape index (κ1) is 19.0. The van der Waals surface area contributed by atoms with Crippen LogP contribution in [-0.4, -0.2) is 60.9 Å². The summed E-state index contributed by atoms with van der Waals surface area (Å²) in [6, 6.07) is 0. The first-order chi connectivity index (χ1) is 11.8. The molecule has 0 radical (unpaired) electrons. The molecule has 9 heteroatoms. The van der Waals surface area contributed by atoms with E-state index in [2.05, 4.69) is 6.58 Å². The normalized spacial score (nSPS) is 32.4. The molecule has 138 valence electrons. The zero-order valence-electron chi connectivity index (χ0n) is 14.1. The Labute approximate surface area is 157 Å². The van der Waals surface area contributed by atoms with Crippen LogP contribution in [0.2, 0.25) is 0 Å². The molecule has 0 aromatic carbocycles. The van der Waals surface area contributed by atoms with Crippen molar-refractivity contribution in [2.45, 2.75) is 37.0 Å². The van der Waals surface area contributed by atoms with E-state index in [1.807, 2.05) is 0 Å². The highest BCUT2D eigenvalue weighted by Gasteiger charge is 2.58. The number of thioether (sulfide) groups is 2. The maximum Gasteiger partial charge on any atom is 0.357 e. The highest BCUT2D eigenvalue weighted by atomic mass is 32.2. The Bertz CT molecular complexity index is 675. The van der Waals surface area contributed by atoms with Gasteiger partial charge in [0.2, 0.25) is 5.91 Å². The van der Waals surface area contributed by atoms with Crippen LogP contribution in [-0.2, 0) is 25.1 Å². The molecule has 3 heterocycles. The first-order valence-corrected chi connectivity index (χ1v) is 11.3. The minimum absolute atomic E-state index is 0.102. The maximum absolute atomic E-state index is 12.5. The molecule has 5 atom stereocenters. The molecule has 1 unspecified atom stereocenters. The molecule has 1 amide bonds. The van der Waals surface area contributed by atoms with Crippen molar-refractivity contribution in [3.8, 4) is 0 Å². The third-order valence-corrected chi connectivity index (χ3v) is 8.77. The van der Waals surface area contributed by atoms with Crippen LogP contribution in [0.1, 0.15) is 20.3 Å². The Hall–Kier alpha value is -0.770. The summed E-state index contributed by atoms with van der Waals surface area (Å²) in [6.45, 7) is 7.16. The number of aliphatic hydroxyl groups is 1. The minimum Gasteiger partial charge on any atom is -0.456 e. The third-order valence-electron chi connectivity index (χ3n) is 4.22. The molecule has 3 aliphatic rings. The number of hydrogen-bond donors (Lipinski definition) is 1. The standard InChI is InChI=1S/C16H21NO5S3/c1-8(2)6-22-15(20)12-16(23-10-4-5-25(21)7-10)24-14-11(9(3)18)13(19)17(12)14/h9-11,14,18H,1,4-7H2,2-3H3/t9-,10+,11+,14-,25?/m1/s1. The number of amides is 1. The van der Waals surface area contributed by atoms with Crippen molar-refractivity contribution >= 4 is 46.2 Å². The highest BCUT2D eigenvalue weighted by Crippen LogP contribution is 2.55. The Morgan fingerprint density at radius 2 is 2.32 bits per heavy atom. The lowest BCUT2D eigenvalue weighted by atomic mass is 9.92. The summed E-state index contributed by atoms with van der Waals surface area (Å²) in [5, 5.41) is 9.74. The van der Waals surface area contributed by atoms with Crippen LogP contribution >= 0.6 is 23.5 Å². The van der Waals surface area contributed by atoms with Crippen LogP contribution in [0, 0.1) is 5.92 Å². The van der Waals surface area contributed by atoms with E-state index in [-0.39, 0.29) is 28.8 Å². The Kier molecular flexibility index (Phi) is 5.67. The lowest BCUT2D eigenvalue weighted by Gasteiger charge is -2.43. The van der Waals surface area contributed by atoms with Crippen LogP contribution < -0.4 is 0 Å². The van der Waals surface area contributed by atoms with Gasteiger partial charge in [-0.05, 0) is 25.8 Å². The van der Waals surface area contributed by atoms with Gasteiger partial charge in [0, 0.05) is 27.6 Å². The smallest absolute Gasteiger partial charge is 0.357 e. The Morgan fingerprint density at radius 3 is 2.88 bits per heavy atom. The number of aliphatic hydroxyl groups excluding tert-OH is 1. The second-order valence-corrected chi connectivity index (χ2v) is 10.8. The van der Waals surface area contributed by atoms with Gasteiger partial charge in [0.1, 0.15) is 12.0 Å². The predicted octanol–water partition coefficient (Wildman–Crippen LogP) is 1.44. The second-order valence-electron chi connectivity index (χ2n) is 6.49. The molecule has 0 aromatic heterocycles. The van der Waals surface area contributed by atoms with Gasteiger partial charge in [-0.25, -0.2) is 4.79 Å². The number of fused-ring (bicyclic) bond motifs is 1. The van der Waals surface area contributed by atoms with E-state index in [4.69, 9.17) is 4.74 Å². The fraction of sp³-hybridized carbons (Fsp3) is 0.625. The van der Waals surface area contributed by atoms with E-state index in [0.29, 0.717) is 17.1 Å².